The predicted octanol–water partition coefficient (Wildman–Crippen LogP) is 5.69. The highest BCUT2D eigenvalue weighted by Crippen LogP contribution is 2.38. The van der Waals surface area contributed by atoms with Crippen LogP contribution in [0.3, 0.4) is 0 Å². The number of aliphatic hydroxyl groups excluding tert-OH is 2. The molecule has 1 amide bonds. The molecule has 392 valence electrons. The number of methoxy groups -OCH3 is 3. The number of fused-ring (bicyclic) bond motifs is 3. The third kappa shape index (κ3) is 15.6. The number of alkyl carbamates (subject to hydrolysis) is 1. The maximum Gasteiger partial charge on any atom is 0.407 e. The molecule has 3 fully saturated rings. The smallest absolute Gasteiger partial charge is 0.407 e. The van der Waals surface area contributed by atoms with Crippen molar-refractivity contribution in [2.75, 3.05) is 27.9 Å². The van der Waals surface area contributed by atoms with Gasteiger partial charge in [-0.2, -0.15) is 0 Å². The number of hydrogen-bond donors (Lipinski definition) is 5. The Balaban J connectivity index is 1.73. The summed E-state index contributed by atoms with van der Waals surface area (Å²) in [5.41, 5.74) is 17.1. The lowest BCUT2D eigenvalue weighted by atomic mass is 9.79. The Labute approximate surface area is 413 Å². The van der Waals surface area contributed by atoms with Crippen molar-refractivity contribution >= 4 is 29.4 Å². The number of nitrogens with two attached hydrogens (primary N) is 1. The van der Waals surface area contributed by atoms with Crippen LogP contribution in [0.4, 0.5) is 4.79 Å². The van der Waals surface area contributed by atoms with Crippen LogP contribution >= 0.6 is 0 Å². The fourth-order valence-electron chi connectivity index (χ4n) is 10.4. The molecule has 0 aromatic rings. The van der Waals surface area contributed by atoms with Gasteiger partial charge in [0.2, 0.25) is 11.6 Å². The molecule has 19 nitrogen and oxygen atoms in total. The number of aliphatic hydroxyl groups is 3. The van der Waals surface area contributed by atoms with Gasteiger partial charge in [-0.25, -0.2) is 4.79 Å². The minimum absolute atomic E-state index is 0.0379. The van der Waals surface area contributed by atoms with E-state index in [4.69, 9.17) is 34.9 Å². The van der Waals surface area contributed by atoms with Gasteiger partial charge in [-0.15, -0.1) is 0 Å². The summed E-state index contributed by atoms with van der Waals surface area (Å²) >= 11 is 0. The number of Topliss-reactive ketones (excluding diaryl/α,β-unsaturated/α-hetero) is 3. The third-order valence-electron chi connectivity index (χ3n) is 14.8. The largest absolute Gasteiger partial charge is 0.459 e. The second-order valence-corrected chi connectivity index (χ2v) is 20.1. The normalized spacial score (nSPS) is 39.3. The molecule has 19 heteroatoms. The Hall–Kier alpha value is -4.30. The molecule has 2 saturated heterocycles. The fraction of sp³-hybridized carbons (Fsp3) is 0.745. The number of nitrogens with one attached hydrogen (secondary N) is 1. The molecular formula is C51H80N6O13. The van der Waals surface area contributed by atoms with E-state index in [1.807, 2.05) is 38.2 Å². The van der Waals surface area contributed by atoms with Gasteiger partial charge < -0.3 is 50.1 Å². The van der Waals surface area contributed by atoms with Crippen LogP contribution < -0.4 is 11.1 Å². The van der Waals surface area contributed by atoms with Gasteiger partial charge in [0.05, 0.1) is 31.4 Å². The molecular weight excluding hydrogens is 905 g/mol. The molecule has 0 spiro atoms. The summed E-state index contributed by atoms with van der Waals surface area (Å²) in [5, 5.41) is 42.1. The van der Waals surface area contributed by atoms with Crippen molar-refractivity contribution in [3.8, 4) is 0 Å². The van der Waals surface area contributed by atoms with Crippen molar-refractivity contribution in [2.24, 2.45) is 40.4 Å². The van der Waals surface area contributed by atoms with E-state index in [-0.39, 0.29) is 61.4 Å². The topological polar surface area (TPSA) is 282 Å². The molecule has 16 atom stereocenters. The van der Waals surface area contributed by atoms with Gasteiger partial charge >= 0.3 is 12.1 Å². The Morgan fingerprint density at radius 3 is 2.37 bits per heavy atom. The number of nitrogens with zero attached hydrogens (tertiary/aromatic N) is 4. The van der Waals surface area contributed by atoms with E-state index in [1.54, 1.807) is 47.0 Å². The number of amides is 1. The molecule has 1 aliphatic carbocycles. The van der Waals surface area contributed by atoms with Gasteiger partial charge in [-0.05, 0) is 101 Å². The van der Waals surface area contributed by atoms with Gasteiger partial charge in [0.1, 0.15) is 30.1 Å². The minimum atomic E-state index is -2.46. The highest BCUT2D eigenvalue weighted by molar-refractivity contribution is 5.90. The molecule has 70 heavy (non-hydrogen) atoms. The Morgan fingerprint density at radius 1 is 0.971 bits per heavy atom. The molecule has 6 N–H and O–H groups in total. The summed E-state index contributed by atoms with van der Waals surface area (Å²) in [4.78, 5) is 73.6. The van der Waals surface area contributed by atoms with Crippen LogP contribution in [0.15, 0.2) is 52.7 Å². The number of carbonyl (C=O) groups excluding carboxylic acids is 5. The highest BCUT2D eigenvalue weighted by Gasteiger charge is 2.53. The van der Waals surface area contributed by atoms with Gasteiger partial charge in [-0.3, -0.25) is 24.1 Å². The van der Waals surface area contributed by atoms with E-state index in [1.165, 1.54) is 19.1 Å². The monoisotopic (exact) mass is 985 g/mol. The number of cyclic esters (lactones) is 1. The molecule has 4 rings (SSSR count). The van der Waals surface area contributed by atoms with Crippen LogP contribution in [-0.4, -0.2) is 144 Å². The van der Waals surface area contributed by atoms with Crippen LogP contribution in [0.5, 0.6) is 0 Å². The number of piperidine rings is 1. The molecule has 0 aromatic heterocycles. The standard InChI is InChI=1S/C51H80N6O13/c1-29-15-11-10-12-16-30(2)39(54-50(64)68-9)27-36-20-18-34(6)51(65,70-36)47(61)48(62)57-22-14-13-17-40(57)49(63)69-42(37(52)25-35-19-21-38(55-56-53)43(26-35)66-7)28-41(58)31(3)24-33(5)45(60)46(67-8)44(59)32(4)23-29/h10-12,15-16,24,29,31-32,34-40,42-43,45-46,48,60,62,65H,13-14,17-23,25-28,52H2,1-9H3,(H,54,64)/b12-10+,15-11+,30-16+,33-24+/t29-,31-,32-,34-,35+,36+,37-,38?,39?,40+,42+,43-,45-,46+,48?,51-/m1/s1. The second-order valence-electron chi connectivity index (χ2n) is 20.1. The summed E-state index contributed by atoms with van der Waals surface area (Å²) < 4.78 is 28.5. The Morgan fingerprint density at radius 2 is 1.70 bits per heavy atom. The summed E-state index contributed by atoms with van der Waals surface area (Å²) in [5.74, 6) is -7.12. The van der Waals surface area contributed by atoms with Crippen molar-refractivity contribution in [2.45, 2.75) is 185 Å². The van der Waals surface area contributed by atoms with E-state index in [0.29, 0.717) is 63.4 Å². The van der Waals surface area contributed by atoms with Gasteiger partial charge in [0.15, 0.2) is 12.0 Å². The lowest BCUT2D eigenvalue weighted by Gasteiger charge is -2.45. The second kappa shape index (κ2) is 27.5. The molecule has 0 aromatic carbocycles. The van der Waals surface area contributed by atoms with Crippen LogP contribution in [0.25, 0.3) is 10.4 Å². The zero-order valence-corrected chi connectivity index (χ0v) is 42.6. The van der Waals surface area contributed by atoms with E-state index in [2.05, 4.69) is 15.3 Å². The summed E-state index contributed by atoms with van der Waals surface area (Å²) in [6, 6.07) is -3.02. The van der Waals surface area contributed by atoms with Crippen molar-refractivity contribution in [3.05, 3.63) is 58.0 Å². The number of azide groups is 1. The average Bonchev–Trinajstić information content (AvgIpc) is 3.33. The summed E-state index contributed by atoms with van der Waals surface area (Å²) in [6.45, 7) is 10.6. The SMILES string of the molecule is COC(=O)NC1C[C@@H]2CC[C@@H](C)[C@@](O)(O2)C(=O)C(O)N2CCCC[C@H]2C(=O)O[C@H]([C@H](N)C[C@@H]2CCC(N=[N+]=[N-])[C@H](OC)C2)CC(=O)[C@H](C)/C=C(\C)[C@@H](O)[C@@H](OC)C(=O)[C@H](C)C[C@H](C)/C=C/C=C/C=C/1C. The van der Waals surface area contributed by atoms with E-state index >= 15 is 0 Å². The van der Waals surface area contributed by atoms with Crippen molar-refractivity contribution in [1.82, 2.24) is 10.2 Å². The maximum absolute atomic E-state index is 14.5. The molecule has 1 saturated carbocycles. The number of rotatable bonds is 7. The first-order valence-electron chi connectivity index (χ1n) is 24.9. The van der Waals surface area contributed by atoms with Crippen molar-refractivity contribution in [3.63, 3.8) is 0 Å². The molecule has 3 heterocycles. The zero-order valence-electron chi connectivity index (χ0n) is 42.6. The van der Waals surface area contributed by atoms with E-state index in [9.17, 15) is 39.3 Å². The van der Waals surface area contributed by atoms with Crippen LogP contribution in [0.1, 0.15) is 119 Å². The highest BCUT2D eigenvalue weighted by atomic mass is 16.6. The first kappa shape index (κ1) is 58.3. The quantitative estimate of drug-likeness (QED) is 0.0673. The molecule has 0 radical (unpaired) electrons. The molecule has 2 bridgehead atoms. The number of carbonyl (C=O) groups is 5. The maximum atomic E-state index is 14.5. The number of hydrogen-bond acceptors (Lipinski definition) is 16. The Bertz CT molecular complexity index is 1970. The lowest BCUT2D eigenvalue weighted by Crippen LogP contribution is -2.63. The average molecular weight is 985 g/mol. The minimum Gasteiger partial charge on any atom is -0.459 e. The third-order valence-corrected chi connectivity index (χ3v) is 14.8. The van der Waals surface area contributed by atoms with E-state index in [0.717, 1.165) is 5.57 Å². The van der Waals surface area contributed by atoms with Crippen molar-refractivity contribution in [1.29, 1.82) is 0 Å². The van der Waals surface area contributed by atoms with Crippen molar-refractivity contribution < 1.29 is 63.0 Å². The predicted molar refractivity (Wildman–Crippen MR) is 260 cm³/mol. The van der Waals surface area contributed by atoms with Gasteiger partial charge in [0.25, 0.3) is 0 Å². The number of allylic oxidation sites excluding steroid dienone is 6. The number of ether oxygens (including phenoxy) is 5. The molecule has 4 aliphatic rings. The summed E-state index contributed by atoms with van der Waals surface area (Å²) in [7, 11) is 4.13. The number of esters is 1. The zero-order chi connectivity index (χ0) is 51.9. The molecule has 3 unspecified atom stereocenters. The summed E-state index contributed by atoms with van der Waals surface area (Å²) in [6.07, 6.45) is 7.58. The fourth-order valence-corrected chi connectivity index (χ4v) is 10.4. The van der Waals surface area contributed by atoms with Gasteiger partial charge in [-0.1, -0.05) is 81.3 Å². The lowest BCUT2D eigenvalue weighted by molar-refractivity contribution is -0.273. The van der Waals surface area contributed by atoms with Gasteiger partial charge in [0, 0.05) is 55.9 Å². The van der Waals surface area contributed by atoms with Crippen LogP contribution in [0, 0.1) is 29.6 Å². The molecule has 3 aliphatic heterocycles. The Kier molecular flexibility index (Phi) is 22.9. The number of ketones is 3. The first-order valence-corrected chi connectivity index (χ1v) is 24.9. The van der Waals surface area contributed by atoms with Crippen LogP contribution in [-0.2, 0) is 42.9 Å². The first-order chi connectivity index (χ1) is 33.2. The van der Waals surface area contributed by atoms with Crippen LogP contribution in [0.2, 0.25) is 0 Å². The van der Waals surface area contributed by atoms with E-state index < -0.39 is 90.2 Å².